The molecule has 1 N–H and O–H groups in total. The van der Waals surface area contributed by atoms with Crippen LogP contribution in [0, 0.1) is 18.3 Å². The molecule has 0 aliphatic rings. The Labute approximate surface area is 169 Å². The maximum Gasteiger partial charge on any atom is 0.119 e. The van der Waals surface area contributed by atoms with Crippen molar-refractivity contribution in [2.75, 3.05) is 6.61 Å². The lowest BCUT2D eigenvalue weighted by atomic mass is 10.0. The molecule has 5 nitrogen and oxygen atoms in total. The average Bonchev–Trinajstić information content (AvgIpc) is 3.08. The van der Waals surface area contributed by atoms with E-state index in [1.165, 1.54) is 0 Å². The summed E-state index contributed by atoms with van der Waals surface area (Å²) in [5.41, 5.74) is 4.66. The Balaban J connectivity index is 1.38. The molecular formula is C24H21N3O2. The summed E-state index contributed by atoms with van der Waals surface area (Å²) in [5, 5.41) is 19.3. The molecule has 29 heavy (non-hydrogen) atoms. The zero-order chi connectivity index (χ0) is 20.2. The summed E-state index contributed by atoms with van der Waals surface area (Å²) < 4.78 is 7.78. The normalized spacial score (nSPS) is 11.9. The molecule has 3 aromatic carbocycles. The van der Waals surface area contributed by atoms with Crippen molar-refractivity contribution in [2.45, 2.75) is 19.6 Å². The van der Waals surface area contributed by atoms with E-state index in [1.54, 1.807) is 12.1 Å². The number of aryl methyl sites for hydroxylation is 1. The molecule has 4 aromatic rings. The third-order valence-corrected chi connectivity index (χ3v) is 4.88. The Morgan fingerprint density at radius 3 is 2.34 bits per heavy atom. The number of fused-ring (bicyclic) bond motifs is 1. The van der Waals surface area contributed by atoms with Crippen molar-refractivity contribution < 1.29 is 9.84 Å². The lowest BCUT2D eigenvalue weighted by Crippen LogP contribution is -2.24. The molecular weight excluding hydrogens is 362 g/mol. The lowest BCUT2D eigenvalue weighted by Gasteiger charge is -2.15. The molecule has 4 rings (SSSR count). The maximum atomic E-state index is 10.4. The number of imidazole rings is 1. The first kappa shape index (κ1) is 18.7. The highest BCUT2D eigenvalue weighted by Gasteiger charge is 2.12. The molecule has 0 unspecified atom stereocenters. The third-order valence-electron chi connectivity index (χ3n) is 4.88. The van der Waals surface area contributed by atoms with Crippen LogP contribution in [0.4, 0.5) is 0 Å². The van der Waals surface area contributed by atoms with Crippen LogP contribution in [0.5, 0.6) is 5.75 Å². The number of aromatic nitrogens is 2. The standard InChI is InChI=1S/C24H21N3O2/c1-17-26-23-4-2-3-5-24(23)27(17)15-21(28)16-29-22-12-10-20(11-13-22)19-8-6-18(14-25)7-9-19/h2-13,21,28H,15-16H2,1H3/t21-/m1/s1. The first-order chi connectivity index (χ1) is 14.1. The van der Waals surface area contributed by atoms with E-state index in [0.717, 1.165) is 28.0 Å². The van der Waals surface area contributed by atoms with Crippen molar-refractivity contribution in [1.82, 2.24) is 9.55 Å². The summed E-state index contributed by atoms with van der Waals surface area (Å²) in [7, 11) is 0. The first-order valence-corrected chi connectivity index (χ1v) is 9.47. The van der Waals surface area contributed by atoms with Crippen LogP contribution >= 0.6 is 0 Å². The van der Waals surface area contributed by atoms with Crippen LogP contribution in [0.2, 0.25) is 0 Å². The highest BCUT2D eigenvalue weighted by molar-refractivity contribution is 5.75. The molecule has 1 atom stereocenters. The number of para-hydroxylation sites is 2. The van der Waals surface area contributed by atoms with Crippen molar-refractivity contribution in [1.29, 1.82) is 5.26 Å². The van der Waals surface area contributed by atoms with E-state index in [9.17, 15) is 5.11 Å². The van der Waals surface area contributed by atoms with Crippen molar-refractivity contribution in [3.8, 4) is 22.9 Å². The highest BCUT2D eigenvalue weighted by atomic mass is 16.5. The summed E-state index contributed by atoms with van der Waals surface area (Å²) in [6, 6.07) is 25.2. The predicted molar refractivity (Wildman–Crippen MR) is 113 cm³/mol. The monoisotopic (exact) mass is 383 g/mol. The fraction of sp³-hybridized carbons (Fsp3) is 0.167. The van der Waals surface area contributed by atoms with Gasteiger partial charge in [-0.25, -0.2) is 4.98 Å². The molecule has 0 spiro atoms. The summed E-state index contributed by atoms with van der Waals surface area (Å²) in [4.78, 5) is 4.53. The van der Waals surface area contributed by atoms with Crippen LogP contribution in [0.25, 0.3) is 22.2 Å². The molecule has 0 aliphatic carbocycles. The fourth-order valence-electron chi connectivity index (χ4n) is 3.36. The SMILES string of the molecule is Cc1nc2ccccc2n1C[C@@H](O)COc1ccc(-c2ccc(C#N)cc2)cc1. The number of nitrogens with zero attached hydrogens (tertiary/aromatic N) is 3. The second-order valence-corrected chi connectivity index (χ2v) is 6.94. The minimum Gasteiger partial charge on any atom is -0.491 e. The molecule has 0 bridgehead atoms. The Morgan fingerprint density at radius 2 is 1.66 bits per heavy atom. The van der Waals surface area contributed by atoms with E-state index in [1.807, 2.05) is 72.2 Å². The van der Waals surface area contributed by atoms with Crippen LogP contribution in [-0.2, 0) is 6.54 Å². The molecule has 0 fully saturated rings. The van der Waals surface area contributed by atoms with Crippen molar-refractivity contribution in [3.63, 3.8) is 0 Å². The fourth-order valence-corrected chi connectivity index (χ4v) is 3.36. The third kappa shape index (κ3) is 4.13. The smallest absolute Gasteiger partial charge is 0.119 e. The second kappa shape index (κ2) is 8.17. The highest BCUT2D eigenvalue weighted by Crippen LogP contribution is 2.23. The molecule has 0 aliphatic heterocycles. The van der Waals surface area contributed by atoms with Gasteiger partial charge in [-0.3, -0.25) is 0 Å². The van der Waals surface area contributed by atoms with E-state index in [2.05, 4.69) is 11.1 Å². The van der Waals surface area contributed by atoms with Gasteiger partial charge in [0.1, 0.15) is 24.3 Å². The summed E-state index contributed by atoms with van der Waals surface area (Å²) in [5.74, 6) is 1.57. The maximum absolute atomic E-state index is 10.4. The van der Waals surface area contributed by atoms with Crippen LogP contribution in [0.3, 0.4) is 0 Å². The Morgan fingerprint density at radius 1 is 1.00 bits per heavy atom. The largest absolute Gasteiger partial charge is 0.491 e. The Hall–Kier alpha value is -3.62. The van der Waals surface area contributed by atoms with Crippen LogP contribution < -0.4 is 4.74 Å². The molecule has 0 amide bonds. The van der Waals surface area contributed by atoms with Gasteiger partial charge < -0.3 is 14.4 Å². The van der Waals surface area contributed by atoms with Gasteiger partial charge in [-0.1, -0.05) is 36.4 Å². The van der Waals surface area contributed by atoms with Crippen LogP contribution in [-0.4, -0.2) is 27.4 Å². The molecule has 5 heteroatoms. The number of ether oxygens (including phenoxy) is 1. The van der Waals surface area contributed by atoms with Gasteiger partial charge in [0, 0.05) is 0 Å². The van der Waals surface area contributed by atoms with Gasteiger partial charge >= 0.3 is 0 Å². The number of hydrogen-bond acceptors (Lipinski definition) is 4. The molecule has 0 radical (unpaired) electrons. The van der Waals surface area contributed by atoms with E-state index < -0.39 is 6.10 Å². The van der Waals surface area contributed by atoms with Gasteiger partial charge in [0.15, 0.2) is 0 Å². The number of aliphatic hydroxyl groups excluding tert-OH is 1. The van der Waals surface area contributed by atoms with Crippen molar-refractivity contribution >= 4 is 11.0 Å². The number of hydrogen-bond donors (Lipinski definition) is 1. The van der Waals surface area contributed by atoms with Gasteiger partial charge in [-0.05, 0) is 54.4 Å². The van der Waals surface area contributed by atoms with Crippen LogP contribution in [0.15, 0.2) is 72.8 Å². The summed E-state index contributed by atoms with van der Waals surface area (Å²) in [6.45, 7) is 2.56. The van der Waals surface area contributed by atoms with E-state index in [-0.39, 0.29) is 6.61 Å². The van der Waals surface area contributed by atoms with Crippen molar-refractivity contribution in [2.24, 2.45) is 0 Å². The molecule has 1 heterocycles. The summed E-state index contributed by atoms with van der Waals surface area (Å²) >= 11 is 0. The Bertz CT molecular complexity index is 1160. The quantitative estimate of drug-likeness (QED) is 0.538. The number of nitriles is 1. The molecule has 144 valence electrons. The zero-order valence-corrected chi connectivity index (χ0v) is 16.1. The van der Waals surface area contributed by atoms with E-state index in [4.69, 9.17) is 10.00 Å². The number of aliphatic hydroxyl groups is 1. The molecule has 0 saturated carbocycles. The molecule has 1 aromatic heterocycles. The minimum atomic E-state index is -0.649. The van der Waals surface area contributed by atoms with Gasteiger partial charge in [-0.15, -0.1) is 0 Å². The first-order valence-electron chi connectivity index (χ1n) is 9.47. The van der Waals surface area contributed by atoms with Gasteiger partial charge in [0.2, 0.25) is 0 Å². The predicted octanol–water partition coefficient (Wildman–Crippen LogP) is 4.32. The van der Waals surface area contributed by atoms with E-state index in [0.29, 0.717) is 17.9 Å². The lowest BCUT2D eigenvalue weighted by molar-refractivity contribution is 0.0929. The summed E-state index contributed by atoms with van der Waals surface area (Å²) in [6.07, 6.45) is -0.649. The topological polar surface area (TPSA) is 71.1 Å². The zero-order valence-electron chi connectivity index (χ0n) is 16.1. The van der Waals surface area contributed by atoms with Gasteiger partial charge in [0.05, 0.1) is 29.2 Å². The van der Waals surface area contributed by atoms with Crippen molar-refractivity contribution in [3.05, 3.63) is 84.2 Å². The van der Waals surface area contributed by atoms with Gasteiger partial charge in [-0.2, -0.15) is 5.26 Å². The number of benzene rings is 3. The minimum absolute atomic E-state index is 0.197. The van der Waals surface area contributed by atoms with E-state index >= 15 is 0 Å². The Kier molecular flexibility index (Phi) is 5.28. The second-order valence-electron chi connectivity index (χ2n) is 6.94. The average molecular weight is 383 g/mol. The van der Waals surface area contributed by atoms with Gasteiger partial charge in [0.25, 0.3) is 0 Å². The number of rotatable bonds is 6. The van der Waals surface area contributed by atoms with Crippen LogP contribution in [0.1, 0.15) is 11.4 Å². The molecule has 0 saturated heterocycles.